The van der Waals surface area contributed by atoms with E-state index >= 15 is 0 Å². The molecule has 2 aromatic carbocycles. The molecule has 0 spiro atoms. The van der Waals surface area contributed by atoms with Crippen LogP contribution in [0.15, 0.2) is 48.5 Å². The molecule has 132 valence electrons. The van der Waals surface area contributed by atoms with Crippen LogP contribution in [0.25, 0.3) is 0 Å². The lowest BCUT2D eigenvalue weighted by atomic mass is 10.1. The third-order valence-corrected chi connectivity index (χ3v) is 3.64. The second-order valence-electron chi connectivity index (χ2n) is 5.46. The van der Waals surface area contributed by atoms with Crippen LogP contribution >= 0.6 is 0 Å². The minimum Gasteiger partial charge on any atom is -0.454 e. The van der Waals surface area contributed by atoms with E-state index in [2.05, 4.69) is 5.32 Å². The van der Waals surface area contributed by atoms with Crippen molar-refractivity contribution in [2.45, 2.75) is 0 Å². The van der Waals surface area contributed by atoms with Crippen LogP contribution < -0.4 is 10.2 Å². The maximum Gasteiger partial charge on any atom is 0.326 e. The van der Waals surface area contributed by atoms with Gasteiger partial charge in [-0.2, -0.15) is 0 Å². The lowest BCUT2D eigenvalue weighted by Gasteiger charge is -2.15. The summed E-state index contributed by atoms with van der Waals surface area (Å²) in [6.45, 7) is -1.10. The molecule has 2 amide bonds. The highest BCUT2D eigenvalue weighted by Crippen LogP contribution is 2.28. The minimum absolute atomic E-state index is 0.217. The molecule has 0 unspecified atom stereocenters. The van der Waals surface area contributed by atoms with E-state index in [1.54, 1.807) is 18.2 Å². The van der Waals surface area contributed by atoms with Crippen molar-refractivity contribution in [1.82, 2.24) is 0 Å². The van der Waals surface area contributed by atoms with Gasteiger partial charge in [-0.25, -0.2) is 4.39 Å². The Bertz CT molecular complexity index is 912. The summed E-state index contributed by atoms with van der Waals surface area (Å²) in [7, 11) is 0. The summed E-state index contributed by atoms with van der Waals surface area (Å²) in [4.78, 5) is 48.5. The Kier molecular flexibility index (Phi) is 4.74. The zero-order valence-electron chi connectivity index (χ0n) is 13.4. The highest BCUT2D eigenvalue weighted by Gasteiger charge is 2.36. The zero-order valence-corrected chi connectivity index (χ0v) is 13.4. The highest BCUT2D eigenvalue weighted by atomic mass is 19.1. The first-order valence-corrected chi connectivity index (χ1v) is 7.62. The van der Waals surface area contributed by atoms with Gasteiger partial charge in [0.25, 0.3) is 17.6 Å². The number of amides is 2. The van der Waals surface area contributed by atoms with E-state index in [4.69, 9.17) is 4.74 Å². The number of para-hydroxylation sites is 1. The smallest absolute Gasteiger partial charge is 0.326 e. The Morgan fingerprint density at radius 1 is 1.08 bits per heavy atom. The molecule has 0 aliphatic carbocycles. The molecule has 0 saturated heterocycles. The molecule has 1 aliphatic rings. The fraction of sp³-hybridized carbons (Fsp3) is 0.111. The lowest BCUT2D eigenvalue weighted by Crippen LogP contribution is -2.36. The van der Waals surface area contributed by atoms with E-state index < -0.39 is 42.5 Å². The van der Waals surface area contributed by atoms with Gasteiger partial charge in [-0.05, 0) is 30.3 Å². The maximum absolute atomic E-state index is 13.0. The van der Waals surface area contributed by atoms with Crippen molar-refractivity contribution in [3.63, 3.8) is 0 Å². The molecule has 0 saturated carbocycles. The predicted octanol–water partition coefficient (Wildman–Crippen LogP) is 1.54. The molecular weight excluding hydrogens is 343 g/mol. The molecule has 0 bridgehead atoms. The van der Waals surface area contributed by atoms with E-state index in [1.807, 2.05) is 0 Å². The topological polar surface area (TPSA) is 92.8 Å². The first-order valence-electron chi connectivity index (χ1n) is 7.62. The number of rotatable bonds is 5. The van der Waals surface area contributed by atoms with Crippen LogP contribution in [0, 0.1) is 5.82 Å². The number of esters is 1. The lowest BCUT2D eigenvalue weighted by molar-refractivity contribution is -0.146. The van der Waals surface area contributed by atoms with Crippen LogP contribution in [0.1, 0.15) is 10.4 Å². The summed E-state index contributed by atoms with van der Waals surface area (Å²) in [6, 6.07) is 11.5. The number of hydrogen-bond acceptors (Lipinski definition) is 5. The number of anilines is 2. The Morgan fingerprint density at radius 2 is 1.85 bits per heavy atom. The number of nitrogens with zero attached hydrogens (tertiary/aromatic N) is 1. The van der Waals surface area contributed by atoms with Crippen LogP contribution in [-0.2, 0) is 19.1 Å². The molecule has 7 nitrogen and oxygen atoms in total. The van der Waals surface area contributed by atoms with Gasteiger partial charge in [0.2, 0.25) is 0 Å². The average Bonchev–Trinajstić information content (AvgIpc) is 2.85. The molecule has 0 radical (unpaired) electrons. The fourth-order valence-corrected chi connectivity index (χ4v) is 2.49. The predicted molar refractivity (Wildman–Crippen MR) is 89.1 cm³/mol. The highest BCUT2D eigenvalue weighted by molar-refractivity contribution is 6.52. The molecule has 0 atom stereocenters. The van der Waals surface area contributed by atoms with Crippen molar-refractivity contribution in [2.24, 2.45) is 0 Å². The van der Waals surface area contributed by atoms with E-state index in [9.17, 15) is 23.6 Å². The number of hydrogen-bond donors (Lipinski definition) is 1. The van der Waals surface area contributed by atoms with Crippen LogP contribution in [0.4, 0.5) is 15.8 Å². The van der Waals surface area contributed by atoms with Gasteiger partial charge in [-0.15, -0.1) is 0 Å². The van der Waals surface area contributed by atoms with Gasteiger partial charge in [-0.1, -0.05) is 18.2 Å². The summed E-state index contributed by atoms with van der Waals surface area (Å²) in [6.07, 6.45) is 0. The molecule has 1 heterocycles. The first kappa shape index (κ1) is 17.3. The number of carbonyl (C=O) groups is 4. The second kappa shape index (κ2) is 7.14. The van der Waals surface area contributed by atoms with E-state index in [1.165, 1.54) is 24.3 Å². The molecule has 2 aromatic rings. The van der Waals surface area contributed by atoms with Crippen LogP contribution in [-0.4, -0.2) is 36.7 Å². The van der Waals surface area contributed by atoms with Crippen molar-refractivity contribution in [3.8, 4) is 0 Å². The number of carbonyl (C=O) groups excluding carboxylic acids is 4. The first-order chi connectivity index (χ1) is 12.5. The Morgan fingerprint density at radius 3 is 2.62 bits per heavy atom. The van der Waals surface area contributed by atoms with E-state index in [0.29, 0.717) is 5.69 Å². The molecule has 1 N–H and O–H groups in total. The molecule has 0 fully saturated rings. The minimum atomic E-state index is -0.850. The molecule has 0 aromatic heterocycles. The van der Waals surface area contributed by atoms with Gasteiger partial charge in [0.15, 0.2) is 6.61 Å². The molecule has 3 rings (SSSR count). The summed E-state index contributed by atoms with van der Waals surface area (Å²) >= 11 is 0. The zero-order chi connectivity index (χ0) is 18.7. The summed E-state index contributed by atoms with van der Waals surface area (Å²) < 4.78 is 17.9. The number of nitrogens with one attached hydrogen (secondary N) is 1. The number of benzene rings is 2. The van der Waals surface area contributed by atoms with Gasteiger partial charge >= 0.3 is 5.97 Å². The Balaban J connectivity index is 1.55. The number of ether oxygens (including phenoxy) is 1. The third kappa shape index (κ3) is 3.59. The maximum atomic E-state index is 13.0. The Labute approximate surface area is 147 Å². The third-order valence-electron chi connectivity index (χ3n) is 3.64. The van der Waals surface area contributed by atoms with E-state index in [0.717, 1.165) is 11.0 Å². The van der Waals surface area contributed by atoms with Crippen molar-refractivity contribution in [3.05, 3.63) is 59.9 Å². The van der Waals surface area contributed by atoms with Crippen molar-refractivity contribution in [1.29, 1.82) is 0 Å². The molecule has 1 aliphatic heterocycles. The summed E-state index contributed by atoms with van der Waals surface area (Å²) in [5, 5.41) is 2.37. The Hall–Kier alpha value is -3.55. The van der Waals surface area contributed by atoms with Crippen molar-refractivity contribution in [2.75, 3.05) is 23.4 Å². The van der Waals surface area contributed by atoms with Crippen LogP contribution in [0.5, 0.6) is 0 Å². The second-order valence-corrected chi connectivity index (χ2v) is 5.46. The van der Waals surface area contributed by atoms with Gasteiger partial charge in [0.05, 0.1) is 11.3 Å². The quantitative estimate of drug-likeness (QED) is 0.648. The molecule has 26 heavy (non-hydrogen) atoms. The SMILES string of the molecule is O=C(COC(=O)CN1C(=O)C(=O)c2ccccc21)Nc1cccc(F)c1. The largest absolute Gasteiger partial charge is 0.454 e. The number of ketones is 1. The summed E-state index contributed by atoms with van der Waals surface area (Å²) in [5.41, 5.74) is 0.762. The van der Waals surface area contributed by atoms with Crippen LogP contribution in [0.3, 0.4) is 0 Å². The van der Waals surface area contributed by atoms with Gasteiger partial charge in [-0.3, -0.25) is 24.1 Å². The van der Waals surface area contributed by atoms with Gasteiger partial charge in [0, 0.05) is 5.69 Å². The van der Waals surface area contributed by atoms with Gasteiger partial charge < -0.3 is 10.1 Å². The summed E-state index contributed by atoms with van der Waals surface area (Å²) in [5.74, 6) is -3.55. The number of Topliss-reactive ketones (excluding diaryl/α,β-unsaturated/α-hetero) is 1. The number of halogens is 1. The van der Waals surface area contributed by atoms with Crippen LogP contribution in [0.2, 0.25) is 0 Å². The average molecular weight is 356 g/mol. The van der Waals surface area contributed by atoms with Crippen molar-refractivity contribution < 1.29 is 28.3 Å². The molecule has 8 heteroatoms. The monoisotopic (exact) mass is 356 g/mol. The molecular formula is C18H13FN2O5. The van der Waals surface area contributed by atoms with Crippen molar-refractivity contribution >= 4 is 34.9 Å². The standard InChI is InChI=1S/C18H13FN2O5/c19-11-4-3-5-12(8-11)20-15(22)10-26-16(23)9-21-14-7-2-1-6-13(14)17(24)18(21)25/h1-8H,9-10H2,(H,20,22). The van der Waals surface area contributed by atoms with Gasteiger partial charge in [0.1, 0.15) is 12.4 Å². The number of fused-ring (bicyclic) bond motifs is 1. The fourth-order valence-electron chi connectivity index (χ4n) is 2.49. The van der Waals surface area contributed by atoms with E-state index in [-0.39, 0.29) is 11.3 Å². The normalized spacial score (nSPS) is 12.7.